The Morgan fingerprint density at radius 3 is 1.43 bits per heavy atom. The minimum Gasteiger partial charge on any atom is -0.396 e. The minimum absolute atomic E-state index is 0.0442. The molecule has 82 valence electrons. The van der Waals surface area contributed by atoms with E-state index >= 15 is 0 Å². The van der Waals surface area contributed by atoms with Crippen LogP contribution in [0.15, 0.2) is 24.3 Å². The Hall–Kier alpha value is -0.600. The maximum atomic E-state index is 9.16. The third-order valence-corrected chi connectivity index (χ3v) is 2.21. The number of aliphatic hydroxyl groups is 2. The van der Waals surface area contributed by atoms with Gasteiger partial charge in [-0.15, -0.1) is 0 Å². The maximum absolute atomic E-state index is 9.16. The standard InChI is InChI=1S/C12H22O2/c1-3-5-7-11(9-13)12(10-14)8-6-4-2/h5-8,11-14H,3-4,9-10H2,1-2H3/b7-5+,8-6+/t11-,12-/m0/s1. The summed E-state index contributed by atoms with van der Waals surface area (Å²) in [5, 5.41) is 18.3. The van der Waals surface area contributed by atoms with Gasteiger partial charge in [0.2, 0.25) is 0 Å². The lowest BCUT2D eigenvalue weighted by molar-refractivity contribution is 0.170. The van der Waals surface area contributed by atoms with E-state index < -0.39 is 0 Å². The molecule has 0 spiro atoms. The van der Waals surface area contributed by atoms with Crippen molar-refractivity contribution in [1.82, 2.24) is 0 Å². The molecule has 0 fully saturated rings. The molecule has 2 nitrogen and oxygen atoms in total. The van der Waals surface area contributed by atoms with Gasteiger partial charge >= 0.3 is 0 Å². The summed E-state index contributed by atoms with van der Waals surface area (Å²) in [6, 6.07) is 0. The fourth-order valence-electron chi connectivity index (χ4n) is 1.30. The van der Waals surface area contributed by atoms with Crippen LogP contribution in [0.2, 0.25) is 0 Å². The molecule has 0 aromatic carbocycles. The largest absolute Gasteiger partial charge is 0.396 e. The number of rotatable bonds is 7. The average molecular weight is 198 g/mol. The van der Waals surface area contributed by atoms with E-state index in [-0.39, 0.29) is 25.0 Å². The Bertz CT molecular complexity index is 153. The van der Waals surface area contributed by atoms with Crippen molar-refractivity contribution in [3.8, 4) is 0 Å². The van der Waals surface area contributed by atoms with Gasteiger partial charge in [-0.25, -0.2) is 0 Å². The molecule has 0 aromatic heterocycles. The highest BCUT2D eigenvalue weighted by atomic mass is 16.3. The Balaban J connectivity index is 4.28. The topological polar surface area (TPSA) is 40.5 Å². The third kappa shape index (κ3) is 5.20. The normalized spacial score (nSPS) is 16.6. The molecule has 0 saturated carbocycles. The van der Waals surface area contributed by atoms with Crippen LogP contribution in [0.4, 0.5) is 0 Å². The van der Waals surface area contributed by atoms with Gasteiger partial charge in [0.05, 0.1) is 0 Å². The SMILES string of the molecule is CC/C=C/[C@@H](CO)[C@@H](/C=C/CC)CO. The summed E-state index contributed by atoms with van der Waals surface area (Å²) in [5.74, 6) is 0.0884. The van der Waals surface area contributed by atoms with E-state index in [9.17, 15) is 0 Å². The molecule has 0 heterocycles. The average Bonchev–Trinajstić information content (AvgIpc) is 2.23. The second-order valence-electron chi connectivity index (χ2n) is 3.37. The molecule has 0 aliphatic carbocycles. The molecule has 0 rings (SSSR count). The number of allylic oxidation sites excluding steroid dienone is 2. The summed E-state index contributed by atoms with van der Waals surface area (Å²) in [5.41, 5.74) is 0. The molecule has 14 heavy (non-hydrogen) atoms. The third-order valence-electron chi connectivity index (χ3n) is 2.21. The number of hydrogen-bond acceptors (Lipinski definition) is 2. The van der Waals surface area contributed by atoms with Crippen LogP contribution >= 0.6 is 0 Å². The van der Waals surface area contributed by atoms with Crippen LogP contribution in [-0.4, -0.2) is 23.4 Å². The lowest BCUT2D eigenvalue weighted by Crippen LogP contribution is -2.18. The lowest BCUT2D eigenvalue weighted by Gasteiger charge is -2.17. The second kappa shape index (κ2) is 8.97. The molecule has 2 N–H and O–H groups in total. The van der Waals surface area contributed by atoms with Gasteiger partial charge in [-0.05, 0) is 12.8 Å². The molecule has 0 saturated heterocycles. The summed E-state index contributed by atoms with van der Waals surface area (Å²) in [7, 11) is 0. The van der Waals surface area contributed by atoms with Crippen molar-refractivity contribution in [2.75, 3.05) is 13.2 Å². The second-order valence-corrected chi connectivity index (χ2v) is 3.37. The van der Waals surface area contributed by atoms with E-state index in [1.54, 1.807) is 0 Å². The molecular weight excluding hydrogens is 176 g/mol. The quantitative estimate of drug-likeness (QED) is 0.615. The van der Waals surface area contributed by atoms with Crippen molar-refractivity contribution in [2.45, 2.75) is 26.7 Å². The van der Waals surface area contributed by atoms with Gasteiger partial charge in [0.1, 0.15) is 0 Å². The molecule has 0 radical (unpaired) electrons. The summed E-state index contributed by atoms with van der Waals surface area (Å²) in [6.45, 7) is 4.30. The summed E-state index contributed by atoms with van der Waals surface area (Å²) in [6.07, 6.45) is 9.96. The molecule has 0 amide bonds. The van der Waals surface area contributed by atoms with Crippen LogP contribution in [0.5, 0.6) is 0 Å². The highest BCUT2D eigenvalue weighted by molar-refractivity contribution is 4.99. The van der Waals surface area contributed by atoms with E-state index in [1.165, 1.54) is 0 Å². The molecule has 0 aliphatic rings. The van der Waals surface area contributed by atoms with Crippen molar-refractivity contribution < 1.29 is 10.2 Å². The molecular formula is C12H22O2. The van der Waals surface area contributed by atoms with E-state index in [0.29, 0.717) is 0 Å². The van der Waals surface area contributed by atoms with Gasteiger partial charge in [0, 0.05) is 25.0 Å². The zero-order chi connectivity index (χ0) is 10.8. The fourth-order valence-corrected chi connectivity index (χ4v) is 1.30. The van der Waals surface area contributed by atoms with Gasteiger partial charge in [-0.2, -0.15) is 0 Å². The summed E-state index contributed by atoms with van der Waals surface area (Å²) < 4.78 is 0. The van der Waals surface area contributed by atoms with E-state index in [4.69, 9.17) is 10.2 Å². The predicted octanol–water partition coefficient (Wildman–Crippen LogP) is 2.14. The van der Waals surface area contributed by atoms with Gasteiger partial charge in [0.15, 0.2) is 0 Å². The monoisotopic (exact) mass is 198 g/mol. The minimum atomic E-state index is 0.0442. The number of hydrogen-bond donors (Lipinski definition) is 2. The first-order valence-corrected chi connectivity index (χ1v) is 5.35. The Kier molecular flexibility index (Phi) is 8.59. The Labute approximate surface area is 87.0 Å². The Morgan fingerprint density at radius 1 is 0.857 bits per heavy atom. The van der Waals surface area contributed by atoms with Crippen molar-refractivity contribution >= 4 is 0 Å². The van der Waals surface area contributed by atoms with Crippen molar-refractivity contribution in [3.63, 3.8) is 0 Å². The zero-order valence-corrected chi connectivity index (χ0v) is 9.19. The molecule has 2 heteroatoms. The highest BCUT2D eigenvalue weighted by Gasteiger charge is 2.13. The van der Waals surface area contributed by atoms with Crippen LogP contribution < -0.4 is 0 Å². The molecule has 0 bridgehead atoms. The first-order valence-electron chi connectivity index (χ1n) is 5.35. The van der Waals surface area contributed by atoms with E-state index in [2.05, 4.69) is 13.8 Å². The zero-order valence-electron chi connectivity index (χ0n) is 9.19. The maximum Gasteiger partial charge on any atom is 0.0500 e. The summed E-state index contributed by atoms with van der Waals surface area (Å²) in [4.78, 5) is 0. The predicted molar refractivity (Wildman–Crippen MR) is 60.0 cm³/mol. The van der Waals surface area contributed by atoms with Gasteiger partial charge in [0.25, 0.3) is 0 Å². The molecule has 2 atom stereocenters. The van der Waals surface area contributed by atoms with Crippen molar-refractivity contribution in [2.24, 2.45) is 11.8 Å². The molecule has 0 unspecified atom stereocenters. The lowest BCUT2D eigenvalue weighted by atomic mass is 9.92. The van der Waals surface area contributed by atoms with Crippen LogP contribution in [-0.2, 0) is 0 Å². The van der Waals surface area contributed by atoms with Gasteiger partial charge in [-0.1, -0.05) is 38.2 Å². The molecule has 0 aromatic rings. The fraction of sp³-hybridized carbons (Fsp3) is 0.667. The Morgan fingerprint density at radius 2 is 1.21 bits per heavy atom. The first-order chi connectivity index (χ1) is 6.79. The van der Waals surface area contributed by atoms with Gasteiger partial charge < -0.3 is 10.2 Å². The smallest absolute Gasteiger partial charge is 0.0500 e. The highest BCUT2D eigenvalue weighted by Crippen LogP contribution is 2.15. The van der Waals surface area contributed by atoms with Crippen LogP contribution in [0.1, 0.15) is 26.7 Å². The number of aliphatic hydroxyl groups excluding tert-OH is 2. The van der Waals surface area contributed by atoms with Gasteiger partial charge in [-0.3, -0.25) is 0 Å². The van der Waals surface area contributed by atoms with Crippen molar-refractivity contribution in [1.29, 1.82) is 0 Å². The van der Waals surface area contributed by atoms with Crippen molar-refractivity contribution in [3.05, 3.63) is 24.3 Å². The van der Waals surface area contributed by atoms with Crippen LogP contribution in [0.3, 0.4) is 0 Å². The van der Waals surface area contributed by atoms with Crippen LogP contribution in [0.25, 0.3) is 0 Å². The molecule has 0 aliphatic heterocycles. The first kappa shape index (κ1) is 13.4. The van der Waals surface area contributed by atoms with E-state index in [1.807, 2.05) is 24.3 Å². The summed E-state index contributed by atoms with van der Waals surface area (Å²) >= 11 is 0. The van der Waals surface area contributed by atoms with Crippen LogP contribution in [0, 0.1) is 11.8 Å². The van der Waals surface area contributed by atoms with E-state index in [0.717, 1.165) is 12.8 Å².